The molecule has 0 aliphatic carbocycles. The van der Waals surface area contributed by atoms with Gasteiger partial charge in [-0.25, -0.2) is 14.4 Å². The van der Waals surface area contributed by atoms with Gasteiger partial charge in [0.2, 0.25) is 0 Å². The third kappa shape index (κ3) is 2.49. The van der Waals surface area contributed by atoms with E-state index in [-0.39, 0.29) is 5.56 Å². The number of ether oxygens (including phenoxy) is 4. The maximum absolute atomic E-state index is 13.0. The fourth-order valence-electron chi connectivity index (χ4n) is 3.10. The molecule has 4 rings (SSSR count). The predicted molar refractivity (Wildman–Crippen MR) is 100 cm³/mol. The molecule has 8 heteroatoms. The molecule has 2 heterocycles. The summed E-state index contributed by atoms with van der Waals surface area (Å²) in [7, 11) is 6.16. The Hall–Kier alpha value is -3.55. The van der Waals surface area contributed by atoms with Crippen molar-refractivity contribution >= 4 is 27.5 Å². The summed E-state index contributed by atoms with van der Waals surface area (Å²) >= 11 is 0. The third-order valence-corrected chi connectivity index (χ3v) is 4.46. The zero-order valence-electron chi connectivity index (χ0n) is 15.3. The molecule has 0 aliphatic rings. The standard InChI is InChI=1S/C19H17N3O5/c1-24-14-5-10-12(7-16(14)26-3)20-9-22-18(10)21-13-8-17(27-4)15(25-2)6-11(13)19(22)23/h5-9H,1-4H3. The minimum Gasteiger partial charge on any atom is -0.493 e. The Morgan fingerprint density at radius 1 is 0.741 bits per heavy atom. The van der Waals surface area contributed by atoms with Gasteiger partial charge in [-0.3, -0.25) is 4.79 Å². The molecule has 0 N–H and O–H groups in total. The number of nitrogens with zero attached hydrogens (tertiary/aromatic N) is 3. The summed E-state index contributed by atoms with van der Waals surface area (Å²) in [6.45, 7) is 0. The number of fused-ring (bicyclic) bond motifs is 4. The Balaban J connectivity index is 2.15. The SMILES string of the molecule is COc1cc2nc3c4cc(OC)c(OC)cc4ncn3c(=O)c2cc1OC. The van der Waals surface area contributed by atoms with Gasteiger partial charge in [0, 0.05) is 17.5 Å². The van der Waals surface area contributed by atoms with Gasteiger partial charge < -0.3 is 18.9 Å². The second kappa shape index (κ2) is 6.31. The molecule has 0 unspecified atom stereocenters. The van der Waals surface area contributed by atoms with Crippen LogP contribution in [0.1, 0.15) is 0 Å². The van der Waals surface area contributed by atoms with E-state index < -0.39 is 0 Å². The molecule has 0 saturated heterocycles. The van der Waals surface area contributed by atoms with Crippen molar-refractivity contribution in [1.29, 1.82) is 0 Å². The normalized spacial score (nSPS) is 11.1. The minimum absolute atomic E-state index is 0.250. The lowest BCUT2D eigenvalue weighted by Crippen LogP contribution is -2.16. The van der Waals surface area contributed by atoms with E-state index in [1.54, 1.807) is 38.5 Å². The van der Waals surface area contributed by atoms with E-state index in [2.05, 4.69) is 9.97 Å². The Kier molecular flexibility index (Phi) is 3.95. The van der Waals surface area contributed by atoms with E-state index in [4.69, 9.17) is 18.9 Å². The lowest BCUT2D eigenvalue weighted by molar-refractivity contribution is 0.355. The molecule has 0 spiro atoms. The lowest BCUT2D eigenvalue weighted by Gasteiger charge is -2.12. The van der Waals surface area contributed by atoms with Crippen molar-refractivity contribution < 1.29 is 18.9 Å². The van der Waals surface area contributed by atoms with Gasteiger partial charge in [-0.1, -0.05) is 0 Å². The molecule has 0 atom stereocenters. The van der Waals surface area contributed by atoms with Gasteiger partial charge >= 0.3 is 0 Å². The Bertz CT molecular complexity index is 1250. The summed E-state index contributed by atoms with van der Waals surface area (Å²) < 4.78 is 22.7. The quantitative estimate of drug-likeness (QED) is 0.404. The molecule has 8 nitrogen and oxygen atoms in total. The topological polar surface area (TPSA) is 84.2 Å². The second-order valence-corrected chi connectivity index (χ2v) is 5.80. The molecule has 0 radical (unpaired) electrons. The van der Waals surface area contributed by atoms with Crippen LogP contribution in [0.15, 0.2) is 35.4 Å². The van der Waals surface area contributed by atoms with E-state index in [1.807, 2.05) is 0 Å². The molecule has 0 bridgehead atoms. The largest absolute Gasteiger partial charge is 0.493 e. The Labute approximate surface area is 153 Å². The number of aromatic nitrogens is 3. The molecule has 0 amide bonds. The van der Waals surface area contributed by atoms with E-state index in [0.29, 0.717) is 50.5 Å². The van der Waals surface area contributed by atoms with Crippen molar-refractivity contribution in [3.8, 4) is 23.0 Å². The van der Waals surface area contributed by atoms with Gasteiger partial charge in [0.1, 0.15) is 6.33 Å². The number of rotatable bonds is 4. The fraction of sp³-hybridized carbons (Fsp3) is 0.211. The summed E-state index contributed by atoms with van der Waals surface area (Å²) in [5.41, 5.74) is 1.35. The molecular formula is C19H17N3O5. The van der Waals surface area contributed by atoms with E-state index in [9.17, 15) is 4.79 Å². The van der Waals surface area contributed by atoms with Crippen molar-refractivity contribution in [3.63, 3.8) is 0 Å². The predicted octanol–water partition coefficient (Wildman–Crippen LogP) is 2.43. The van der Waals surface area contributed by atoms with Crippen molar-refractivity contribution in [3.05, 3.63) is 40.9 Å². The summed E-state index contributed by atoms with van der Waals surface area (Å²) in [5.74, 6) is 2.04. The first-order valence-electron chi connectivity index (χ1n) is 8.10. The third-order valence-electron chi connectivity index (χ3n) is 4.46. The first kappa shape index (κ1) is 16.9. The van der Waals surface area contributed by atoms with E-state index in [1.165, 1.54) is 24.9 Å². The second-order valence-electron chi connectivity index (χ2n) is 5.80. The van der Waals surface area contributed by atoms with Crippen LogP contribution in [0.25, 0.3) is 27.5 Å². The average Bonchev–Trinajstić information content (AvgIpc) is 2.71. The smallest absolute Gasteiger partial charge is 0.267 e. The van der Waals surface area contributed by atoms with Crippen LogP contribution in [0.3, 0.4) is 0 Å². The number of hydrogen-bond donors (Lipinski definition) is 0. The van der Waals surface area contributed by atoms with Gasteiger partial charge in [0.15, 0.2) is 28.6 Å². The van der Waals surface area contributed by atoms with Crippen LogP contribution in [0.5, 0.6) is 23.0 Å². The zero-order valence-corrected chi connectivity index (χ0v) is 15.3. The van der Waals surface area contributed by atoms with Gasteiger partial charge in [-0.05, 0) is 12.1 Å². The monoisotopic (exact) mass is 367 g/mol. The van der Waals surface area contributed by atoms with E-state index in [0.717, 1.165) is 0 Å². The molecule has 138 valence electrons. The molecule has 2 aromatic carbocycles. The molecule has 2 aromatic heterocycles. The highest BCUT2D eigenvalue weighted by molar-refractivity contribution is 5.96. The van der Waals surface area contributed by atoms with Crippen LogP contribution < -0.4 is 24.5 Å². The van der Waals surface area contributed by atoms with Crippen LogP contribution in [0.4, 0.5) is 0 Å². The van der Waals surface area contributed by atoms with Crippen LogP contribution in [-0.4, -0.2) is 42.8 Å². The number of methoxy groups -OCH3 is 4. The highest BCUT2D eigenvalue weighted by atomic mass is 16.5. The number of hydrogen-bond acceptors (Lipinski definition) is 7. The number of benzene rings is 2. The summed E-state index contributed by atoms with van der Waals surface area (Å²) in [5, 5.41) is 1.08. The van der Waals surface area contributed by atoms with Gasteiger partial charge in [0.05, 0.1) is 44.9 Å². The summed E-state index contributed by atoms with van der Waals surface area (Å²) in [6, 6.07) is 6.81. The summed E-state index contributed by atoms with van der Waals surface area (Å²) in [4.78, 5) is 22.0. The van der Waals surface area contributed by atoms with E-state index >= 15 is 0 Å². The van der Waals surface area contributed by atoms with Crippen molar-refractivity contribution in [2.45, 2.75) is 0 Å². The van der Waals surface area contributed by atoms with Gasteiger partial charge in [-0.2, -0.15) is 0 Å². The van der Waals surface area contributed by atoms with Crippen molar-refractivity contribution in [1.82, 2.24) is 14.4 Å². The Morgan fingerprint density at radius 3 is 1.85 bits per heavy atom. The van der Waals surface area contributed by atoms with Gasteiger partial charge in [0.25, 0.3) is 5.56 Å². The maximum Gasteiger partial charge on any atom is 0.267 e. The summed E-state index contributed by atoms with van der Waals surface area (Å²) in [6.07, 6.45) is 1.45. The fourth-order valence-corrected chi connectivity index (χ4v) is 3.10. The highest BCUT2D eigenvalue weighted by Gasteiger charge is 2.15. The van der Waals surface area contributed by atoms with Crippen molar-refractivity contribution in [2.75, 3.05) is 28.4 Å². The molecule has 4 aromatic rings. The maximum atomic E-state index is 13.0. The molecule has 27 heavy (non-hydrogen) atoms. The molecule has 0 fully saturated rings. The van der Waals surface area contributed by atoms with Crippen LogP contribution in [0, 0.1) is 0 Å². The molecular weight excluding hydrogens is 350 g/mol. The zero-order chi connectivity index (χ0) is 19.1. The van der Waals surface area contributed by atoms with Crippen LogP contribution in [0.2, 0.25) is 0 Å². The molecule has 0 saturated carbocycles. The van der Waals surface area contributed by atoms with Gasteiger partial charge in [-0.15, -0.1) is 0 Å². The van der Waals surface area contributed by atoms with Crippen LogP contribution in [-0.2, 0) is 0 Å². The molecule has 0 aliphatic heterocycles. The average molecular weight is 367 g/mol. The van der Waals surface area contributed by atoms with Crippen LogP contribution >= 0.6 is 0 Å². The first-order valence-corrected chi connectivity index (χ1v) is 8.10. The Morgan fingerprint density at radius 2 is 1.26 bits per heavy atom. The van der Waals surface area contributed by atoms with Crippen molar-refractivity contribution in [2.24, 2.45) is 0 Å². The highest BCUT2D eigenvalue weighted by Crippen LogP contribution is 2.34. The first-order chi connectivity index (χ1) is 13.1. The lowest BCUT2D eigenvalue weighted by atomic mass is 10.2. The minimum atomic E-state index is -0.250.